The van der Waals surface area contributed by atoms with Gasteiger partial charge in [-0.05, 0) is 26.9 Å². The smallest absolute Gasteiger partial charge is 0.326 e. The van der Waals surface area contributed by atoms with Crippen molar-refractivity contribution in [1.82, 2.24) is 9.47 Å². The van der Waals surface area contributed by atoms with Crippen LogP contribution in [0.15, 0.2) is 10.9 Å². The van der Waals surface area contributed by atoms with Gasteiger partial charge < -0.3 is 14.8 Å². The molecule has 20 heavy (non-hydrogen) atoms. The van der Waals surface area contributed by atoms with Gasteiger partial charge in [-0.2, -0.15) is 0 Å². The molecule has 1 unspecified atom stereocenters. The van der Waals surface area contributed by atoms with E-state index in [1.54, 1.807) is 6.92 Å². The minimum atomic E-state index is -1.00. The van der Waals surface area contributed by atoms with Gasteiger partial charge in [-0.3, -0.25) is 9.69 Å². The van der Waals surface area contributed by atoms with Crippen molar-refractivity contribution in [3.05, 3.63) is 27.7 Å². The first-order chi connectivity index (χ1) is 9.33. The third-order valence-electron chi connectivity index (χ3n) is 3.53. The highest BCUT2D eigenvalue weighted by molar-refractivity contribution is 5.71. The van der Waals surface area contributed by atoms with Gasteiger partial charge in [-0.25, -0.2) is 4.79 Å². The summed E-state index contributed by atoms with van der Waals surface area (Å²) in [7, 11) is 0. The lowest BCUT2D eigenvalue weighted by atomic mass is 10.2. The maximum atomic E-state index is 11.7. The third-order valence-corrected chi connectivity index (χ3v) is 3.53. The molecule has 112 valence electrons. The van der Waals surface area contributed by atoms with Crippen LogP contribution in [0.4, 0.5) is 0 Å². The monoisotopic (exact) mass is 282 g/mol. The summed E-state index contributed by atoms with van der Waals surface area (Å²) in [5, 5.41) is 19.2. The molecule has 0 fully saturated rings. The molecule has 1 aromatic rings. The summed E-state index contributed by atoms with van der Waals surface area (Å²) in [6.07, 6.45) is 0. The molecule has 1 atom stereocenters. The van der Waals surface area contributed by atoms with Crippen molar-refractivity contribution in [3.8, 4) is 5.75 Å². The first-order valence-electron chi connectivity index (χ1n) is 6.72. The molecule has 0 aliphatic carbocycles. The minimum absolute atomic E-state index is 0.341. The number of carboxylic acids is 1. The highest BCUT2D eigenvalue weighted by atomic mass is 16.4. The van der Waals surface area contributed by atoms with E-state index in [2.05, 4.69) is 0 Å². The maximum absolute atomic E-state index is 11.7. The van der Waals surface area contributed by atoms with Crippen molar-refractivity contribution >= 4 is 5.97 Å². The molecule has 6 heteroatoms. The maximum Gasteiger partial charge on any atom is 0.326 e. The molecule has 0 radical (unpaired) electrons. The van der Waals surface area contributed by atoms with Crippen LogP contribution in [0.3, 0.4) is 0 Å². The van der Waals surface area contributed by atoms with Crippen LogP contribution in [0.25, 0.3) is 0 Å². The number of carbonyl (C=O) groups is 1. The van der Waals surface area contributed by atoms with Gasteiger partial charge in [0.15, 0.2) is 5.75 Å². The Kier molecular flexibility index (Phi) is 5.33. The molecule has 0 aliphatic rings. The van der Waals surface area contributed by atoms with Gasteiger partial charge in [0.25, 0.3) is 0 Å². The number of hydrogen-bond donors (Lipinski definition) is 2. The first-order valence-corrected chi connectivity index (χ1v) is 6.72. The lowest BCUT2D eigenvalue weighted by molar-refractivity contribution is -0.140. The highest BCUT2D eigenvalue weighted by Crippen LogP contribution is 2.21. The highest BCUT2D eigenvalue weighted by Gasteiger charge is 2.22. The van der Waals surface area contributed by atoms with Crippen LogP contribution >= 0.6 is 0 Å². The molecule has 0 aromatic carbocycles. The number of aromatic hydroxyl groups is 1. The van der Waals surface area contributed by atoms with Gasteiger partial charge in [0.05, 0.1) is 5.69 Å². The van der Waals surface area contributed by atoms with Crippen LogP contribution < -0.4 is 5.43 Å². The Hall–Kier alpha value is -1.82. The molecule has 0 spiro atoms. The van der Waals surface area contributed by atoms with E-state index in [1.807, 2.05) is 18.7 Å². The van der Waals surface area contributed by atoms with Crippen molar-refractivity contribution in [2.75, 3.05) is 13.1 Å². The van der Waals surface area contributed by atoms with Crippen molar-refractivity contribution in [2.45, 2.75) is 40.3 Å². The molecular formula is C14H22N2O4. The molecule has 0 bridgehead atoms. The summed E-state index contributed by atoms with van der Waals surface area (Å²) in [5.41, 5.74) is 0.414. The fourth-order valence-electron chi connectivity index (χ4n) is 2.26. The standard InChI is InChI=1S/C14H22N2O4/c1-5-15(6-2)8-11-13(18)12(17)7-9(3)16(11)10(4)14(19)20/h7,10,18H,5-6,8H2,1-4H3,(H,19,20). The topological polar surface area (TPSA) is 82.8 Å². The number of aryl methyl sites for hydroxylation is 1. The van der Waals surface area contributed by atoms with E-state index >= 15 is 0 Å². The lowest BCUT2D eigenvalue weighted by Gasteiger charge is -2.25. The summed E-state index contributed by atoms with van der Waals surface area (Å²) in [4.78, 5) is 25.0. The van der Waals surface area contributed by atoms with E-state index in [0.717, 1.165) is 13.1 Å². The van der Waals surface area contributed by atoms with Crippen molar-refractivity contribution < 1.29 is 15.0 Å². The first kappa shape index (κ1) is 16.2. The Bertz CT molecular complexity index is 547. The minimum Gasteiger partial charge on any atom is -0.503 e. The number of nitrogens with zero attached hydrogens (tertiary/aromatic N) is 2. The normalized spacial score (nSPS) is 12.7. The Morgan fingerprint density at radius 3 is 2.40 bits per heavy atom. The molecule has 0 aliphatic heterocycles. The Morgan fingerprint density at radius 1 is 1.40 bits per heavy atom. The zero-order valence-electron chi connectivity index (χ0n) is 12.4. The van der Waals surface area contributed by atoms with Gasteiger partial charge in [0.2, 0.25) is 5.43 Å². The van der Waals surface area contributed by atoms with Gasteiger partial charge in [-0.15, -0.1) is 0 Å². The van der Waals surface area contributed by atoms with E-state index in [1.165, 1.54) is 17.6 Å². The Labute approximate surface area is 118 Å². The third kappa shape index (κ3) is 3.19. The molecule has 0 amide bonds. The van der Waals surface area contributed by atoms with Crippen molar-refractivity contribution in [3.63, 3.8) is 0 Å². The number of aromatic nitrogens is 1. The zero-order valence-corrected chi connectivity index (χ0v) is 12.4. The summed E-state index contributed by atoms with van der Waals surface area (Å²) in [6.45, 7) is 8.99. The van der Waals surface area contributed by atoms with Crippen LogP contribution in [0.2, 0.25) is 0 Å². The summed E-state index contributed by atoms with van der Waals surface area (Å²) < 4.78 is 1.51. The van der Waals surface area contributed by atoms with Gasteiger partial charge in [0.1, 0.15) is 6.04 Å². The van der Waals surface area contributed by atoms with E-state index in [-0.39, 0.29) is 5.75 Å². The van der Waals surface area contributed by atoms with Crippen molar-refractivity contribution in [2.24, 2.45) is 0 Å². The second-order valence-electron chi connectivity index (χ2n) is 4.79. The summed E-state index contributed by atoms with van der Waals surface area (Å²) in [5.74, 6) is -1.37. The molecule has 1 rings (SSSR count). The van der Waals surface area contributed by atoms with Crippen LogP contribution in [0.1, 0.15) is 38.2 Å². The molecule has 0 saturated carbocycles. The quantitative estimate of drug-likeness (QED) is 0.823. The number of aliphatic carboxylic acids is 1. The van der Waals surface area contributed by atoms with E-state index in [0.29, 0.717) is 17.9 Å². The second-order valence-corrected chi connectivity index (χ2v) is 4.79. The van der Waals surface area contributed by atoms with Crippen LogP contribution in [-0.2, 0) is 11.3 Å². The average Bonchev–Trinajstić information content (AvgIpc) is 2.40. The average molecular weight is 282 g/mol. The second kappa shape index (κ2) is 6.56. The van der Waals surface area contributed by atoms with Crippen LogP contribution in [0, 0.1) is 6.92 Å². The Morgan fingerprint density at radius 2 is 1.95 bits per heavy atom. The number of hydrogen-bond acceptors (Lipinski definition) is 4. The van der Waals surface area contributed by atoms with Crippen molar-refractivity contribution in [1.29, 1.82) is 0 Å². The van der Waals surface area contributed by atoms with E-state index in [9.17, 15) is 19.8 Å². The molecule has 1 aromatic heterocycles. The molecule has 1 heterocycles. The fraction of sp³-hybridized carbons (Fsp3) is 0.571. The van der Waals surface area contributed by atoms with Gasteiger partial charge >= 0.3 is 5.97 Å². The predicted molar refractivity (Wildman–Crippen MR) is 76.1 cm³/mol. The Balaban J connectivity index is 3.44. The lowest BCUT2D eigenvalue weighted by Crippen LogP contribution is -2.30. The van der Waals surface area contributed by atoms with Gasteiger partial charge in [-0.1, -0.05) is 13.8 Å². The summed E-state index contributed by atoms with van der Waals surface area (Å²) >= 11 is 0. The number of carboxylic acid groups (broad SMARTS) is 1. The zero-order chi connectivity index (χ0) is 15.4. The summed E-state index contributed by atoms with van der Waals surface area (Å²) in [6, 6.07) is 0.424. The molecule has 2 N–H and O–H groups in total. The van der Waals surface area contributed by atoms with E-state index in [4.69, 9.17) is 0 Å². The largest absolute Gasteiger partial charge is 0.503 e. The SMILES string of the molecule is CCN(CC)Cc1c(O)c(=O)cc(C)n1C(C)C(=O)O. The number of pyridine rings is 1. The van der Waals surface area contributed by atoms with E-state index < -0.39 is 17.4 Å². The fourth-order valence-corrected chi connectivity index (χ4v) is 2.26. The van der Waals surface area contributed by atoms with Crippen LogP contribution in [0.5, 0.6) is 5.75 Å². The number of rotatable bonds is 6. The molecular weight excluding hydrogens is 260 g/mol. The predicted octanol–water partition coefficient (Wildman–Crippen LogP) is 1.35. The molecule has 6 nitrogen and oxygen atoms in total. The van der Waals surface area contributed by atoms with Gasteiger partial charge in [0, 0.05) is 18.3 Å². The van der Waals surface area contributed by atoms with Crippen LogP contribution in [-0.4, -0.2) is 38.7 Å². The molecule has 0 saturated heterocycles.